The molecule has 0 radical (unpaired) electrons. The maximum atomic E-state index is 14.6. The van der Waals surface area contributed by atoms with Crippen molar-refractivity contribution in [3.05, 3.63) is 59.9 Å². The van der Waals surface area contributed by atoms with Gasteiger partial charge in [0, 0.05) is 13.6 Å². The van der Waals surface area contributed by atoms with Gasteiger partial charge in [-0.1, -0.05) is 55.2 Å². The predicted molar refractivity (Wildman–Crippen MR) is 95.2 cm³/mol. The molecule has 2 aromatic carbocycles. The largest absolute Gasteiger partial charge is 0.300 e. The predicted octanol–water partition coefficient (Wildman–Crippen LogP) is 3.85. The SMILES string of the molecule is C[Si](C)(C)CC(C=O)(c1ccccc1F)n1nnc2ccccc21. The van der Waals surface area contributed by atoms with Crippen molar-refractivity contribution in [1.82, 2.24) is 15.0 Å². The number of hydrogen-bond donors (Lipinski definition) is 0. The van der Waals surface area contributed by atoms with Crippen molar-refractivity contribution < 1.29 is 9.18 Å². The zero-order valence-electron chi connectivity index (χ0n) is 14.0. The van der Waals surface area contributed by atoms with E-state index in [1.54, 1.807) is 22.9 Å². The van der Waals surface area contributed by atoms with Gasteiger partial charge in [0.05, 0.1) is 5.52 Å². The minimum Gasteiger partial charge on any atom is -0.300 e. The van der Waals surface area contributed by atoms with Crippen molar-refractivity contribution in [2.45, 2.75) is 31.2 Å². The molecular formula is C18H20FN3OSi. The van der Waals surface area contributed by atoms with Gasteiger partial charge in [-0.15, -0.1) is 5.10 Å². The lowest BCUT2D eigenvalue weighted by Crippen LogP contribution is -2.44. The van der Waals surface area contributed by atoms with E-state index in [1.807, 2.05) is 24.3 Å². The highest BCUT2D eigenvalue weighted by molar-refractivity contribution is 6.76. The second kappa shape index (κ2) is 5.94. The van der Waals surface area contributed by atoms with Crippen LogP contribution < -0.4 is 0 Å². The fraction of sp³-hybridized carbons (Fsp3) is 0.278. The van der Waals surface area contributed by atoms with Crippen molar-refractivity contribution in [2.24, 2.45) is 0 Å². The van der Waals surface area contributed by atoms with E-state index < -0.39 is 19.4 Å². The van der Waals surface area contributed by atoms with Gasteiger partial charge in [-0.2, -0.15) is 0 Å². The van der Waals surface area contributed by atoms with E-state index in [4.69, 9.17) is 0 Å². The molecular weight excluding hydrogens is 321 g/mol. The Kier molecular flexibility index (Phi) is 4.09. The summed E-state index contributed by atoms with van der Waals surface area (Å²) in [5, 5.41) is 8.40. The zero-order valence-corrected chi connectivity index (χ0v) is 15.0. The third-order valence-electron chi connectivity index (χ3n) is 4.06. The van der Waals surface area contributed by atoms with Crippen molar-refractivity contribution in [1.29, 1.82) is 0 Å². The minimum absolute atomic E-state index is 0.345. The topological polar surface area (TPSA) is 47.8 Å². The van der Waals surface area contributed by atoms with Crippen LogP contribution in [0.15, 0.2) is 48.5 Å². The summed E-state index contributed by atoms with van der Waals surface area (Å²) in [5.41, 5.74) is 0.575. The van der Waals surface area contributed by atoms with Crippen molar-refractivity contribution >= 4 is 25.4 Å². The number of hydrogen-bond acceptors (Lipinski definition) is 3. The lowest BCUT2D eigenvalue weighted by atomic mass is 9.92. The smallest absolute Gasteiger partial charge is 0.152 e. The Bertz CT molecular complexity index is 887. The fourth-order valence-electron chi connectivity index (χ4n) is 3.22. The fourth-order valence-corrected chi connectivity index (χ4v) is 5.26. The summed E-state index contributed by atoms with van der Waals surface area (Å²) in [6.45, 7) is 6.47. The van der Waals surface area contributed by atoms with Crippen molar-refractivity contribution in [3.8, 4) is 0 Å². The number of rotatable bonds is 5. The van der Waals surface area contributed by atoms with Crippen LogP contribution in [0.25, 0.3) is 11.0 Å². The summed E-state index contributed by atoms with van der Waals surface area (Å²) in [7, 11) is -1.75. The first-order chi connectivity index (χ1) is 11.4. The molecule has 3 aromatic rings. The summed E-state index contributed by atoms with van der Waals surface area (Å²) in [4.78, 5) is 12.4. The molecule has 1 unspecified atom stereocenters. The van der Waals surface area contributed by atoms with Gasteiger partial charge in [0.15, 0.2) is 6.29 Å². The Labute approximate surface area is 141 Å². The van der Waals surface area contributed by atoms with Gasteiger partial charge in [-0.25, -0.2) is 9.07 Å². The molecule has 0 amide bonds. The van der Waals surface area contributed by atoms with E-state index in [2.05, 4.69) is 30.0 Å². The van der Waals surface area contributed by atoms with Crippen LogP contribution in [0.3, 0.4) is 0 Å². The Balaban J connectivity index is 2.33. The maximum Gasteiger partial charge on any atom is 0.152 e. The van der Waals surface area contributed by atoms with Crippen LogP contribution in [0.5, 0.6) is 0 Å². The number of nitrogens with zero attached hydrogens (tertiary/aromatic N) is 3. The molecule has 0 N–H and O–H groups in total. The molecule has 0 aliphatic heterocycles. The van der Waals surface area contributed by atoms with Crippen LogP contribution in [0.4, 0.5) is 4.39 Å². The summed E-state index contributed by atoms with van der Waals surface area (Å²) in [6.07, 6.45) is 0.824. The van der Waals surface area contributed by atoms with Crippen molar-refractivity contribution in [2.75, 3.05) is 0 Å². The van der Waals surface area contributed by atoms with Crippen LogP contribution in [-0.2, 0) is 10.3 Å². The summed E-state index contributed by atoms with van der Waals surface area (Å²) in [5.74, 6) is -0.401. The van der Waals surface area contributed by atoms with E-state index >= 15 is 0 Å². The molecule has 6 heteroatoms. The standard InChI is InChI=1S/C18H20FN3OSi/c1-24(2,3)13-18(12-23,14-8-4-5-9-15(14)19)22-17-11-7-6-10-16(17)20-21-22/h4-12H,13H2,1-3H3. The number of aldehydes is 1. The van der Waals surface area contributed by atoms with E-state index in [0.717, 1.165) is 11.8 Å². The Hall–Kier alpha value is -2.34. The average Bonchev–Trinajstić information content (AvgIpc) is 2.97. The minimum atomic E-state index is -1.75. The lowest BCUT2D eigenvalue weighted by molar-refractivity contribution is -0.113. The van der Waals surface area contributed by atoms with Crippen LogP contribution >= 0.6 is 0 Å². The van der Waals surface area contributed by atoms with Gasteiger partial charge in [0.25, 0.3) is 0 Å². The molecule has 0 aliphatic carbocycles. The van der Waals surface area contributed by atoms with E-state index in [9.17, 15) is 9.18 Å². The number of carbonyl (C=O) groups is 1. The molecule has 1 heterocycles. The molecule has 0 aliphatic rings. The average molecular weight is 341 g/mol. The number of para-hydroxylation sites is 1. The van der Waals surface area contributed by atoms with Gasteiger partial charge >= 0.3 is 0 Å². The van der Waals surface area contributed by atoms with Gasteiger partial charge in [-0.3, -0.25) is 0 Å². The Morgan fingerprint density at radius 2 is 1.79 bits per heavy atom. The molecule has 4 nitrogen and oxygen atoms in total. The second-order valence-corrected chi connectivity index (χ2v) is 12.7. The van der Waals surface area contributed by atoms with Crippen molar-refractivity contribution in [3.63, 3.8) is 0 Å². The van der Waals surface area contributed by atoms with Gasteiger partial charge < -0.3 is 4.79 Å². The molecule has 3 rings (SSSR count). The zero-order chi connectivity index (χ0) is 17.4. The normalized spacial score (nSPS) is 14.5. The summed E-state index contributed by atoms with van der Waals surface area (Å²) < 4.78 is 16.2. The highest BCUT2D eigenvalue weighted by atomic mass is 28.3. The number of benzene rings is 2. The second-order valence-electron chi connectivity index (χ2n) is 7.25. The van der Waals surface area contributed by atoms with Crippen LogP contribution in [-0.4, -0.2) is 29.4 Å². The van der Waals surface area contributed by atoms with Gasteiger partial charge in [-0.05, 0) is 24.2 Å². The van der Waals surface area contributed by atoms with Crippen LogP contribution in [0.2, 0.25) is 25.7 Å². The lowest BCUT2D eigenvalue weighted by Gasteiger charge is -2.34. The van der Waals surface area contributed by atoms with E-state index in [-0.39, 0.29) is 0 Å². The van der Waals surface area contributed by atoms with E-state index in [0.29, 0.717) is 17.1 Å². The maximum absolute atomic E-state index is 14.6. The number of fused-ring (bicyclic) bond motifs is 1. The molecule has 0 bridgehead atoms. The van der Waals surface area contributed by atoms with Crippen LogP contribution in [0, 0.1) is 5.82 Å². The monoisotopic (exact) mass is 341 g/mol. The molecule has 1 atom stereocenters. The molecule has 0 saturated carbocycles. The van der Waals surface area contributed by atoms with Gasteiger partial charge in [0.1, 0.15) is 16.9 Å². The summed E-state index contributed by atoms with van der Waals surface area (Å²) in [6, 6.07) is 14.4. The first-order valence-corrected chi connectivity index (χ1v) is 11.6. The molecule has 124 valence electrons. The molecule has 0 saturated heterocycles. The van der Waals surface area contributed by atoms with Crippen LogP contribution in [0.1, 0.15) is 5.56 Å². The molecule has 0 spiro atoms. The first-order valence-electron chi connectivity index (χ1n) is 7.90. The highest BCUT2D eigenvalue weighted by Gasteiger charge is 2.42. The highest BCUT2D eigenvalue weighted by Crippen LogP contribution is 2.36. The van der Waals surface area contributed by atoms with Gasteiger partial charge in [0.2, 0.25) is 0 Å². The Morgan fingerprint density at radius 1 is 1.12 bits per heavy atom. The third-order valence-corrected chi connectivity index (χ3v) is 5.66. The van der Waals surface area contributed by atoms with E-state index in [1.165, 1.54) is 6.07 Å². The summed E-state index contributed by atoms with van der Waals surface area (Å²) >= 11 is 0. The number of carbonyl (C=O) groups excluding carboxylic acids is 1. The molecule has 0 fully saturated rings. The molecule has 1 aromatic heterocycles. The Morgan fingerprint density at radius 3 is 2.46 bits per heavy atom. The third kappa shape index (κ3) is 2.77. The molecule has 24 heavy (non-hydrogen) atoms. The quantitative estimate of drug-likeness (QED) is 0.523. The first kappa shape index (κ1) is 16.5. The number of halogens is 1. The number of aromatic nitrogens is 3.